The molecule has 1 aromatic heterocycles. The average Bonchev–Trinajstić information content (AvgIpc) is 2.53. The molecule has 0 radical (unpaired) electrons. The number of hydrogen-bond donors (Lipinski definition) is 1. The molecule has 5 heteroatoms. The Morgan fingerprint density at radius 3 is 2.64 bits per heavy atom. The van der Waals surface area contributed by atoms with E-state index in [1.54, 1.807) is 6.07 Å². The van der Waals surface area contributed by atoms with Crippen molar-refractivity contribution in [2.24, 2.45) is 11.8 Å². The molecule has 1 aromatic rings. The summed E-state index contributed by atoms with van der Waals surface area (Å²) in [5, 5.41) is 8.95. The van der Waals surface area contributed by atoms with Gasteiger partial charge in [0.05, 0.1) is 0 Å². The molecule has 5 nitrogen and oxygen atoms in total. The Morgan fingerprint density at radius 2 is 2.05 bits per heavy atom. The maximum atomic E-state index is 12.5. The number of carbonyl (C=O) groups is 2. The molecule has 1 N–H and O–H groups in total. The Hall–Kier alpha value is -1.91. The van der Waals surface area contributed by atoms with Crippen molar-refractivity contribution in [1.82, 2.24) is 9.88 Å². The number of nitrogens with zero attached hydrogens (tertiary/aromatic N) is 2. The summed E-state index contributed by atoms with van der Waals surface area (Å²) in [6.07, 6.45) is 5.93. The van der Waals surface area contributed by atoms with Crippen LogP contribution in [-0.2, 0) is 0 Å². The first-order valence-corrected chi connectivity index (χ1v) is 7.96. The maximum absolute atomic E-state index is 12.5. The van der Waals surface area contributed by atoms with Gasteiger partial charge in [0.2, 0.25) is 0 Å². The summed E-state index contributed by atoms with van der Waals surface area (Å²) in [7, 11) is 0. The van der Waals surface area contributed by atoms with Crippen molar-refractivity contribution in [3.05, 3.63) is 29.6 Å². The summed E-state index contributed by atoms with van der Waals surface area (Å²) in [5.41, 5.74) is 0.325. The molecule has 0 unspecified atom stereocenters. The van der Waals surface area contributed by atoms with Gasteiger partial charge in [0.25, 0.3) is 5.91 Å². The molecule has 1 fully saturated rings. The second kappa shape index (κ2) is 7.38. The van der Waals surface area contributed by atoms with E-state index in [0.717, 1.165) is 31.8 Å². The van der Waals surface area contributed by atoms with Crippen molar-refractivity contribution < 1.29 is 14.7 Å². The number of carboxylic acid groups (broad SMARTS) is 1. The number of piperidine rings is 1. The second-order valence-electron chi connectivity index (χ2n) is 6.44. The van der Waals surface area contributed by atoms with Gasteiger partial charge in [0, 0.05) is 24.8 Å². The van der Waals surface area contributed by atoms with Crippen LogP contribution in [0.5, 0.6) is 0 Å². The van der Waals surface area contributed by atoms with Crippen LogP contribution in [0.15, 0.2) is 18.3 Å². The highest BCUT2D eigenvalue weighted by molar-refractivity contribution is 5.96. The van der Waals surface area contributed by atoms with E-state index in [1.165, 1.54) is 25.1 Å². The molecule has 2 rings (SSSR count). The molecule has 1 aliphatic rings. The van der Waals surface area contributed by atoms with Gasteiger partial charge in [0.1, 0.15) is 5.69 Å². The third-order valence-corrected chi connectivity index (χ3v) is 4.28. The van der Waals surface area contributed by atoms with Gasteiger partial charge in [-0.3, -0.25) is 4.79 Å². The molecule has 0 spiro atoms. The highest BCUT2D eigenvalue weighted by atomic mass is 16.4. The van der Waals surface area contributed by atoms with Crippen LogP contribution >= 0.6 is 0 Å². The predicted molar refractivity (Wildman–Crippen MR) is 83.9 cm³/mol. The molecule has 0 bridgehead atoms. The van der Waals surface area contributed by atoms with E-state index in [0.29, 0.717) is 11.5 Å². The van der Waals surface area contributed by atoms with Gasteiger partial charge in [0.15, 0.2) is 0 Å². The predicted octanol–water partition coefficient (Wildman–Crippen LogP) is 3.07. The number of hydrogen-bond acceptors (Lipinski definition) is 3. The van der Waals surface area contributed by atoms with E-state index >= 15 is 0 Å². The normalized spacial score (nSPS) is 16.0. The zero-order valence-corrected chi connectivity index (χ0v) is 13.3. The maximum Gasteiger partial charge on any atom is 0.354 e. The van der Waals surface area contributed by atoms with Gasteiger partial charge >= 0.3 is 5.97 Å². The minimum Gasteiger partial charge on any atom is -0.477 e. The lowest BCUT2D eigenvalue weighted by Crippen LogP contribution is -2.38. The van der Waals surface area contributed by atoms with Gasteiger partial charge in [-0.1, -0.05) is 26.7 Å². The van der Waals surface area contributed by atoms with Crippen LogP contribution in [-0.4, -0.2) is 40.0 Å². The van der Waals surface area contributed by atoms with Gasteiger partial charge in [-0.05, 0) is 36.8 Å². The van der Waals surface area contributed by atoms with Crippen molar-refractivity contribution >= 4 is 11.9 Å². The third-order valence-electron chi connectivity index (χ3n) is 4.28. The van der Waals surface area contributed by atoms with Gasteiger partial charge < -0.3 is 10.0 Å². The SMILES string of the molecule is CC(C)CCC1CCN(C(=O)c2ccnc(C(=O)O)c2)CC1. The zero-order valence-electron chi connectivity index (χ0n) is 13.3. The van der Waals surface area contributed by atoms with Crippen LogP contribution in [0.25, 0.3) is 0 Å². The number of rotatable bonds is 5. The van der Waals surface area contributed by atoms with E-state index in [1.807, 2.05) is 4.90 Å². The lowest BCUT2D eigenvalue weighted by molar-refractivity contribution is 0.0684. The first-order chi connectivity index (χ1) is 10.5. The highest BCUT2D eigenvalue weighted by Crippen LogP contribution is 2.24. The van der Waals surface area contributed by atoms with Crippen LogP contribution in [0.3, 0.4) is 0 Å². The monoisotopic (exact) mass is 304 g/mol. The van der Waals surface area contributed by atoms with Crippen LogP contribution in [0.4, 0.5) is 0 Å². The van der Waals surface area contributed by atoms with Crippen LogP contribution in [0.2, 0.25) is 0 Å². The van der Waals surface area contributed by atoms with Crippen molar-refractivity contribution in [2.45, 2.75) is 39.5 Å². The number of amides is 1. The Morgan fingerprint density at radius 1 is 1.36 bits per heavy atom. The largest absolute Gasteiger partial charge is 0.477 e. The molecule has 1 aliphatic heterocycles. The van der Waals surface area contributed by atoms with E-state index in [-0.39, 0.29) is 11.6 Å². The number of aromatic carboxylic acids is 1. The van der Waals surface area contributed by atoms with Gasteiger partial charge in [-0.15, -0.1) is 0 Å². The number of likely N-dealkylation sites (tertiary alicyclic amines) is 1. The molecular formula is C17H24N2O3. The fourth-order valence-corrected chi connectivity index (χ4v) is 2.86. The topological polar surface area (TPSA) is 70.5 Å². The van der Waals surface area contributed by atoms with Crippen molar-refractivity contribution in [1.29, 1.82) is 0 Å². The highest BCUT2D eigenvalue weighted by Gasteiger charge is 2.24. The average molecular weight is 304 g/mol. The summed E-state index contributed by atoms with van der Waals surface area (Å²) >= 11 is 0. The minimum atomic E-state index is -1.11. The van der Waals surface area contributed by atoms with Gasteiger partial charge in [-0.2, -0.15) is 0 Å². The first-order valence-electron chi connectivity index (χ1n) is 7.96. The molecule has 2 heterocycles. The summed E-state index contributed by atoms with van der Waals surface area (Å²) in [6, 6.07) is 2.94. The van der Waals surface area contributed by atoms with E-state index in [2.05, 4.69) is 18.8 Å². The van der Waals surface area contributed by atoms with Crippen LogP contribution in [0.1, 0.15) is 60.4 Å². The van der Waals surface area contributed by atoms with E-state index < -0.39 is 5.97 Å². The number of carboxylic acids is 1. The molecule has 1 amide bonds. The smallest absolute Gasteiger partial charge is 0.354 e. The van der Waals surface area contributed by atoms with Crippen LogP contribution < -0.4 is 0 Å². The molecule has 0 aromatic carbocycles. The van der Waals surface area contributed by atoms with Crippen molar-refractivity contribution in [3.63, 3.8) is 0 Å². The quantitative estimate of drug-likeness (QED) is 0.907. The van der Waals surface area contributed by atoms with Crippen LogP contribution in [0, 0.1) is 11.8 Å². The first kappa shape index (κ1) is 16.5. The minimum absolute atomic E-state index is 0.0855. The fraction of sp³-hybridized carbons (Fsp3) is 0.588. The molecule has 120 valence electrons. The molecule has 22 heavy (non-hydrogen) atoms. The second-order valence-corrected chi connectivity index (χ2v) is 6.44. The molecule has 0 aliphatic carbocycles. The fourth-order valence-electron chi connectivity index (χ4n) is 2.86. The summed E-state index contributed by atoms with van der Waals surface area (Å²) < 4.78 is 0. The number of pyridine rings is 1. The third kappa shape index (κ3) is 4.29. The summed E-state index contributed by atoms with van der Waals surface area (Å²) in [4.78, 5) is 29.0. The number of aromatic nitrogens is 1. The summed E-state index contributed by atoms with van der Waals surface area (Å²) in [6.45, 7) is 5.99. The Kier molecular flexibility index (Phi) is 5.52. The molecule has 0 saturated carbocycles. The lowest BCUT2D eigenvalue weighted by atomic mass is 9.89. The van der Waals surface area contributed by atoms with E-state index in [4.69, 9.17) is 5.11 Å². The lowest BCUT2D eigenvalue weighted by Gasteiger charge is -2.32. The van der Waals surface area contributed by atoms with E-state index in [9.17, 15) is 9.59 Å². The summed E-state index contributed by atoms with van der Waals surface area (Å²) in [5.74, 6) is 0.235. The van der Waals surface area contributed by atoms with Crippen molar-refractivity contribution in [2.75, 3.05) is 13.1 Å². The molecule has 0 atom stereocenters. The molecular weight excluding hydrogens is 280 g/mol. The Labute approximate surface area is 131 Å². The standard InChI is InChI=1S/C17H24N2O3/c1-12(2)3-4-13-6-9-19(10-7-13)16(20)14-5-8-18-15(11-14)17(21)22/h5,8,11-13H,3-4,6-7,9-10H2,1-2H3,(H,21,22). The Balaban J connectivity index is 1.92. The Bertz CT molecular complexity index is 534. The molecule has 1 saturated heterocycles. The van der Waals surface area contributed by atoms with Gasteiger partial charge in [-0.25, -0.2) is 9.78 Å². The number of carbonyl (C=O) groups excluding carboxylic acids is 1. The zero-order chi connectivity index (χ0) is 16.1. The van der Waals surface area contributed by atoms with Crippen molar-refractivity contribution in [3.8, 4) is 0 Å².